The third kappa shape index (κ3) is 2.09. The van der Waals surface area contributed by atoms with E-state index in [4.69, 9.17) is 0 Å². The summed E-state index contributed by atoms with van der Waals surface area (Å²) in [6, 6.07) is 9.34. The Balaban J connectivity index is 1.74. The van der Waals surface area contributed by atoms with Crippen LogP contribution in [0.1, 0.15) is 16.1 Å². The van der Waals surface area contributed by atoms with Gasteiger partial charge in [0.05, 0.1) is 11.1 Å². The molecule has 0 fully saturated rings. The summed E-state index contributed by atoms with van der Waals surface area (Å²) in [6.45, 7) is 1.87. The van der Waals surface area contributed by atoms with E-state index in [1.807, 2.05) is 31.2 Å². The van der Waals surface area contributed by atoms with Gasteiger partial charge in [0, 0.05) is 11.1 Å². The molecule has 0 atom stereocenters. The average molecular weight is 310 g/mol. The first-order chi connectivity index (χ1) is 10.7. The number of carbonyl (C=O) groups is 1. The average Bonchev–Trinajstić information content (AvgIpc) is 3.07. The van der Waals surface area contributed by atoms with Crippen molar-refractivity contribution in [2.45, 2.75) is 6.92 Å². The van der Waals surface area contributed by atoms with Crippen LogP contribution >= 0.6 is 11.3 Å². The van der Waals surface area contributed by atoms with Gasteiger partial charge in [0.2, 0.25) is 10.1 Å². The van der Waals surface area contributed by atoms with Crippen LogP contribution in [0.25, 0.3) is 15.9 Å². The quantitative estimate of drug-likeness (QED) is 0.614. The fourth-order valence-electron chi connectivity index (χ4n) is 2.27. The number of amides is 1. The summed E-state index contributed by atoms with van der Waals surface area (Å²) in [4.78, 5) is 17.6. The van der Waals surface area contributed by atoms with Crippen molar-refractivity contribution in [3.63, 3.8) is 0 Å². The van der Waals surface area contributed by atoms with Gasteiger partial charge in [-0.3, -0.25) is 15.1 Å². The van der Waals surface area contributed by atoms with Crippen molar-refractivity contribution in [2.75, 3.05) is 5.32 Å². The SMILES string of the molecule is Cc1cc(C(=O)Nc2nn3cnnc3s2)c2ccccc2n1. The number of para-hydroxylation sites is 1. The Morgan fingerprint density at radius 2 is 2.18 bits per heavy atom. The maximum Gasteiger partial charge on any atom is 0.258 e. The van der Waals surface area contributed by atoms with Crippen molar-refractivity contribution in [3.8, 4) is 0 Å². The van der Waals surface area contributed by atoms with Gasteiger partial charge in [0.15, 0.2) is 0 Å². The van der Waals surface area contributed by atoms with E-state index in [2.05, 4.69) is 25.6 Å². The van der Waals surface area contributed by atoms with Crippen LogP contribution < -0.4 is 5.32 Å². The van der Waals surface area contributed by atoms with Crippen molar-refractivity contribution < 1.29 is 4.79 Å². The molecule has 3 aromatic heterocycles. The summed E-state index contributed by atoms with van der Waals surface area (Å²) in [7, 11) is 0. The van der Waals surface area contributed by atoms with Gasteiger partial charge in [-0.2, -0.15) is 4.52 Å². The maximum atomic E-state index is 12.6. The number of benzene rings is 1. The molecule has 0 saturated carbocycles. The lowest BCUT2D eigenvalue weighted by atomic mass is 10.1. The number of hydrogen-bond acceptors (Lipinski definition) is 6. The van der Waals surface area contributed by atoms with E-state index in [-0.39, 0.29) is 5.91 Å². The van der Waals surface area contributed by atoms with Crippen LogP contribution in [0.2, 0.25) is 0 Å². The van der Waals surface area contributed by atoms with Gasteiger partial charge >= 0.3 is 0 Å². The fraction of sp³-hybridized carbons (Fsp3) is 0.0714. The Kier molecular flexibility index (Phi) is 2.83. The number of anilines is 1. The molecule has 22 heavy (non-hydrogen) atoms. The van der Waals surface area contributed by atoms with Crippen LogP contribution in [0.15, 0.2) is 36.7 Å². The van der Waals surface area contributed by atoms with E-state index < -0.39 is 0 Å². The second-order valence-electron chi connectivity index (χ2n) is 4.75. The van der Waals surface area contributed by atoms with Gasteiger partial charge in [-0.05, 0) is 19.1 Å². The van der Waals surface area contributed by atoms with E-state index in [1.54, 1.807) is 6.07 Å². The number of hydrogen-bond donors (Lipinski definition) is 1. The number of aryl methyl sites for hydroxylation is 1. The number of aromatic nitrogens is 5. The highest BCUT2D eigenvalue weighted by molar-refractivity contribution is 7.20. The molecule has 1 amide bonds. The van der Waals surface area contributed by atoms with Crippen molar-refractivity contribution in [1.82, 2.24) is 24.8 Å². The monoisotopic (exact) mass is 310 g/mol. The van der Waals surface area contributed by atoms with E-state index >= 15 is 0 Å². The Morgan fingerprint density at radius 3 is 3.05 bits per heavy atom. The van der Waals surface area contributed by atoms with E-state index in [9.17, 15) is 4.79 Å². The Morgan fingerprint density at radius 1 is 1.32 bits per heavy atom. The van der Waals surface area contributed by atoms with Crippen LogP contribution in [-0.2, 0) is 0 Å². The number of carbonyl (C=O) groups excluding carboxylic acids is 1. The second-order valence-corrected chi connectivity index (χ2v) is 5.70. The molecule has 0 unspecified atom stereocenters. The molecule has 108 valence electrons. The number of nitrogens with one attached hydrogen (secondary N) is 1. The van der Waals surface area contributed by atoms with Gasteiger partial charge in [-0.1, -0.05) is 29.5 Å². The number of fused-ring (bicyclic) bond motifs is 2. The van der Waals surface area contributed by atoms with Crippen LogP contribution in [0.4, 0.5) is 5.13 Å². The molecule has 0 spiro atoms. The predicted octanol–water partition coefficient (Wildman–Crippen LogP) is 2.29. The van der Waals surface area contributed by atoms with Gasteiger partial charge in [0.25, 0.3) is 5.91 Å². The Hall–Kier alpha value is -2.87. The molecular formula is C14H10N6OS. The molecule has 0 bridgehead atoms. The molecule has 1 aromatic carbocycles. The van der Waals surface area contributed by atoms with E-state index in [0.29, 0.717) is 15.7 Å². The fourth-order valence-corrected chi connectivity index (χ4v) is 2.99. The normalized spacial score (nSPS) is 11.1. The molecule has 7 nitrogen and oxygen atoms in total. The molecule has 3 heterocycles. The lowest BCUT2D eigenvalue weighted by molar-refractivity contribution is 0.102. The molecule has 0 aliphatic heterocycles. The van der Waals surface area contributed by atoms with Gasteiger partial charge < -0.3 is 0 Å². The van der Waals surface area contributed by atoms with Crippen molar-refractivity contribution in [3.05, 3.63) is 47.9 Å². The molecule has 0 radical (unpaired) electrons. The van der Waals surface area contributed by atoms with E-state index in [0.717, 1.165) is 16.6 Å². The molecule has 0 aliphatic carbocycles. The molecule has 0 saturated heterocycles. The summed E-state index contributed by atoms with van der Waals surface area (Å²) >= 11 is 1.27. The van der Waals surface area contributed by atoms with Crippen molar-refractivity contribution >= 4 is 38.2 Å². The largest absolute Gasteiger partial charge is 0.296 e. The van der Waals surface area contributed by atoms with Gasteiger partial charge in [-0.15, -0.1) is 15.3 Å². The highest BCUT2D eigenvalue weighted by atomic mass is 32.1. The highest BCUT2D eigenvalue weighted by Gasteiger charge is 2.14. The summed E-state index contributed by atoms with van der Waals surface area (Å²) in [5.74, 6) is -0.216. The maximum absolute atomic E-state index is 12.6. The molecule has 4 aromatic rings. The van der Waals surface area contributed by atoms with Crippen LogP contribution in [0.3, 0.4) is 0 Å². The molecule has 1 N–H and O–H groups in total. The van der Waals surface area contributed by atoms with Crippen LogP contribution in [0.5, 0.6) is 0 Å². The van der Waals surface area contributed by atoms with Crippen molar-refractivity contribution in [2.24, 2.45) is 0 Å². The third-order valence-electron chi connectivity index (χ3n) is 3.20. The molecule has 4 rings (SSSR count). The van der Waals surface area contributed by atoms with Gasteiger partial charge in [-0.25, -0.2) is 0 Å². The summed E-state index contributed by atoms with van der Waals surface area (Å²) in [5, 5.41) is 15.9. The molecule has 8 heteroatoms. The Bertz CT molecular complexity index is 976. The minimum absolute atomic E-state index is 0.216. The minimum atomic E-state index is -0.216. The lowest BCUT2D eigenvalue weighted by Crippen LogP contribution is -2.13. The summed E-state index contributed by atoms with van der Waals surface area (Å²) in [6.07, 6.45) is 1.49. The standard InChI is InChI=1S/C14H10N6OS/c1-8-6-10(9-4-2-3-5-11(9)16-8)12(21)17-13-19-20-7-15-18-14(20)22-13/h2-7H,1H3,(H,17,19,21). The summed E-state index contributed by atoms with van der Waals surface area (Å²) in [5.41, 5.74) is 2.17. The zero-order valence-electron chi connectivity index (χ0n) is 11.5. The first-order valence-corrected chi connectivity index (χ1v) is 7.37. The number of pyridine rings is 1. The number of nitrogens with zero attached hydrogens (tertiary/aromatic N) is 5. The van der Waals surface area contributed by atoms with Crippen LogP contribution in [0, 0.1) is 6.92 Å². The minimum Gasteiger partial charge on any atom is -0.296 e. The first-order valence-electron chi connectivity index (χ1n) is 6.55. The topological polar surface area (TPSA) is 85.1 Å². The zero-order valence-corrected chi connectivity index (χ0v) is 12.3. The van der Waals surface area contributed by atoms with Gasteiger partial charge in [0.1, 0.15) is 6.33 Å². The Labute approximate surface area is 128 Å². The predicted molar refractivity (Wildman–Crippen MR) is 83.1 cm³/mol. The molecule has 0 aliphatic rings. The molecular weight excluding hydrogens is 300 g/mol. The highest BCUT2D eigenvalue weighted by Crippen LogP contribution is 2.21. The smallest absolute Gasteiger partial charge is 0.258 e. The number of rotatable bonds is 2. The third-order valence-corrected chi connectivity index (χ3v) is 4.02. The first kappa shape index (κ1) is 12.8. The van der Waals surface area contributed by atoms with Crippen LogP contribution in [-0.4, -0.2) is 30.7 Å². The van der Waals surface area contributed by atoms with E-state index in [1.165, 1.54) is 22.2 Å². The van der Waals surface area contributed by atoms with Crippen molar-refractivity contribution in [1.29, 1.82) is 0 Å². The lowest BCUT2D eigenvalue weighted by Gasteiger charge is -2.07. The second kappa shape index (κ2) is 4.85. The zero-order chi connectivity index (χ0) is 15.1. The summed E-state index contributed by atoms with van der Waals surface area (Å²) < 4.78 is 1.52.